The topological polar surface area (TPSA) is 24.9 Å². The van der Waals surface area contributed by atoms with Gasteiger partial charge in [0, 0.05) is 22.1 Å². The van der Waals surface area contributed by atoms with Crippen LogP contribution in [-0.2, 0) is 0 Å². The predicted molar refractivity (Wildman–Crippen MR) is 87.3 cm³/mol. The molecule has 3 heteroatoms. The Morgan fingerprint density at radius 3 is 2.75 bits per heavy atom. The van der Waals surface area contributed by atoms with Crippen LogP contribution in [0.5, 0.6) is 0 Å². The molecule has 0 radical (unpaired) electrons. The van der Waals surface area contributed by atoms with Crippen LogP contribution in [0.3, 0.4) is 0 Å². The minimum absolute atomic E-state index is 0.351. The van der Waals surface area contributed by atoms with Gasteiger partial charge in [0.2, 0.25) is 0 Å². The summed E-state index contributed by atoms with van der Waals surface area (Å²) in [5, 5.41) is 6.96. The van der Waals surface area contributed by atoms with Crippen LogP contribution in [0.2, 0.25) is 0 Å². The summed E-state index contributed by atoms with van der Waals surface area (Å²) in [5.74, 6) is 0.540. The first-order valence-corrected chi connectivity index (χ1v) is 7.77. The molecule has 20 heavy (non-hydrogen) atoms. The third-order valence-electron chi connectivity index (χ3n) is 3.44. The molecule has 2 aromatic heterocycles. The summed E-state index contributed by atoms with van der Waals surface area (Å²) in [4.78, 5) is 5.74. The van der Waals surface area contributed by atoms with Crippen molar-refractivity contribution in [2.45, 2.75) is 19.9 Å². The number of benzene rings is 1. The van der Waals surface area contributed by atoms with Crippen LogP contribution in [0.25, 0.3) is 10.9 Å². The van der Waals surface area contributed by atoms with E-state index in [2.05, 4.69) is 65.9 Å². The van der Waals surface area contributed by atoms with E-state index < -0.39 is 0 Å². The van der Waals surface area contributed by atoms with Gasteiger partial charge in [-0.15, -0.1) is 11.3 Å². The van der Waals surface area contributed by atoms with Gasteiger partial charge in [0.25, 0.3) is 0 Å². The fraction of sp³-hybridized carbons (Fsp3) is 0.235. The molecular formula is C17H18N2S. The van der Waals surface area contributed by atoms with Gasteiger partial charge in [-0.3, -0.25) is 4.98 Å². The van der Waals surface area contributed by atoms with E-state index >= 15 is 0 Å². The normalized spacial score (nSPS) is 12.8. The van der Waals surface area contributed by atoms with Crippen molar-refractivity contribution in [3.8, 4) is 0 Å². The van der Waals surface area contributed by atoms with E-state index in [9.17, 15) is 0 Å². The smallest absolute Gasteiger partial charge is 0.0703 e. The van der Waals surface area contributed by atoms with Crippen molar-refractivity contribution in [2.75, 3.05) is 5.32 Å². The molecule has 102 valence electrons. The van der Waals surface area contributed by atoms with Crippen LogP contribution in [0.4, 0.5) is 5.69 Å². The second-order valence-corrected chi connectivity index (χ2v) is 6.27. The summed E-state index contributed by atoms with van der Waals surface area (Å²) in [5.41, 5.74) is 2.19. The number of nitrogens with one attached hydrogen (secondary N) is 1. The van der Waals surface area contributed by atoms with Crippen molar-refractivity contribution in [3.05, 3.63) is 58.9 Å². The molecule has 0 bridgehead atoms. The van der Waals surface area contributed by atoms with Gasteiger partial charge in [0.15, 0.2) is 0 Å². The van der Waals surface area contributed by atoms with E-state index in [4.69, 9.17) is 0 Å². The van der Waals surface area contributed by atoms with Crippen LogP contribution >= 0.6 is 11.3 Å². The SMILES string of the molecule is CC(C)C(Nc1ccc2ncccc2c1)c1cccs1. The predicted octanol–water partition coefficient (Wildman–Crippen LogP) is 5.11. The number of thiophene rings is 1. The molecule has 0 spiro atoms. The Bertz CT molecular complexity index is 689. The quantitative estimate of drug-likeness (QED) is 0.719. The second-order valence-electron chi connectivity index (χ2n) is 5.29. The number of hydrogen-bond acceptors (Lipinski definition) is 3. The molecule has 1 aromatic carbocycles. The van der Waals surface area contributed by atoms with E-state index in [0.29, 0.717) is 12.0 Å². The lowest BCUT2D eigenvalue weighted by Gasteiger charge is -2.22. The molecule has 0 aliphatic heterocycles. The number of nitrogens with zero attached hydrogens (tertiary/aromatic N) is 1. The lowest BCUT2D eigenvalue weighted by Crippen LogP contribution is -2.15. The minimum Gasteiger partial charge on any atom is -0.377 e. The molecule has 2 nitrogen and oxygen atoms in total. The van der Waals surface area contributed by atoms with E-state index in [-0.39, 0.29) is 0 Å². The summed E-state index contributed by atoms with van der Waals surface area (Å²) < 4.78 is 0. The first kappa shape index (κ1) is 13.1. The first-order valence-electron chi connectivity index (χ1n) is 6.89. The van der Waals surface area contributed by atoms with Gasteiger partial charge in [-0.05, 0) is 41.6 Å². The summed E-state index contributed by atoms with van der Waals surface area (Å²) in [7, 11) is 0. The van der Waals surface area contributed by atoms with E-state index in [0.717, 1.165) is 11.2 Å². The molecule has 1 N–H and O–H groups in total. The zero-order chi connectivity index (χ0) is 13.9. The molecule has 0 amide bonds. The van der Waals surface area contributed by atoms with Crippen LogP contribution in [-0.4, -0.2) is 4.98 Å². The highest BCUT2D eigenvalue weighted by atomic mass is 32.1. The van der Waals surface area contributed by atoms with Crippen molar-refractivity contribution in [1.82, 2.24) is 4.98 Å². The van der Waals surface area contributed by atoms with Crippen molar-refractivity contribution in [3.63, 3.8) is 0 Å². The molecule has 2 heterocycles. The maximum Gasteiger partial charge on any atom is 0.0703 e. The largest absolute Gasteiger partial charge is 0.377 e. The average molecular weight is 282 g/mol. The number of rotatable bonds is 4. The highest BCUT2D eigenvalue weighted by molar-refractivity contribution is 7.10. The van der Waals surface area contributed by atoms with Crippen molar-refractivity contribution >= 4 is 27.9 Å². The van der Waals surface area contributed by atoms with Gasteiger partial charge in [0.05, 0.1) is 11.6 Å². The summed E-state index contributed by atoms with van der Waals surface area (Å²) in [6, 6.07) is 15.1. The number of fused-ring (bicyclic) bond motifs is 1. The standard InChI is InChI=1S/C17H18N2S/c1-12(2)17(16-6-4-10-20-16)19-14-7-8-15-13(11-14)5-3-9-18-15/h3-12,17,19H,1-2H3. The lowest BCUT2D eigenvalue weighted by molar-refractivity contribution is 0.554. The van der Waals surface area contributed by atoms with E-state index in [1.807, 2.05) is 23.6 Å². The van der Waals surface area contributed by atoms with Crippen molar-refractivity contribution in [1.29, 1.82) is 0 Å². The van der Waals surface area contributed by atoms with E-state index in [1.165, 1.54) is 10.3 Å². The van der Waals surface area contributed by atoms with Crippen LogP contribution in [0, 0.1) is 5.92 Å². The van der Waals surface area contributed by atoms with Gasteiger partial charge in [-0.2, -0.15) is 0 Å². The lowest BCUT2D eigenvalue weighted by atomic mass is 10.0. The highest BCUT2D eigenvalue weighted by Crippen LogP contribution is 2.30. The zero-order valence-electron chi connectivity index (χ0n) is 11.7. The monoisotopic (exact) mass is 282 g/mol. The fourth-order valence-electron chi connectivity index (χ4n) is 2.38. The van der Waals surface area contributed by atoms with E-state index in [1.54, 1.807) is 0 Å². The van der Waals surface area contributed by atoms with Gasteiger partial charge in [-0.1, -0.05) is 26.0 Å². The van der Waals surface area contributed by atoms with Gasteiger partial charge in [-0.25, -0.2) is 0 Å². The molecule has 0 saturated heterocycles. The fourth-order valence-corrected chi connectivity index (χ4v) is 3.33. The maximum absolute atomic E-state index is 4.36. The highest BCUT2D eigenvalue weighted by Gasteiger charge is 2.16. The molecule has 0 saturated carbocycles. The van der Waals surface area contributed by atoms with Crippen LogP contribution in [0.15, 0.2) is 54.0 Å². The third-order valence-corrected chi connectivity index (χ3v) is 4.40. The van der Waals surface area contributed by atoms with Crippen LogP contribution in [0.1, 0.15) is 24.8 Å². The average Bonchev–Trinajstić information content (AvgIpc) is 2.98. The minimum atomic E-state index is 0.351. The Labute approximate surface area is 123 Å². The Kier molecular flexibility index (Phi) is 3.70. The molecule has 0 aliphatic carbocycles. The molecule has 0 fully saturated rings. The Balaban J connectivity index is 1.90. The molecule has 1 atom stereocenters. The molecule has 3 aromatic rings. The Morgan fingerprint density at radius 1 is 1.10 bits per heavy atom. The summed E-state index contributed by atoms with van der Waals surface area (Å²) >= 11 is 1.81. The van der Waals surface area contributed by atoms with Gasteiger partial charge < -0.3 is 5.32 Å². The molecular weight excluding hydrogens is 264 g/mol. The zero-order valence-corrected chi connectivity index (χ0v) is 12.5. The number of anilines is 1. The summed E-state index contributed by atoms with van der Waals surface area (Å²) in [6.07, 6.45) is 1.83. The molecule has 3 rings (SSSR count). The van der Waals surface area contributed by atoms with Gasteiger partial charge >= 0.3 is 0 Å². The maximum atomic E-state index is 4.36. The Morgan fingerprint density at radius 2 is 2.00 bits per heavy atom. The van der Waals surface area contributed by atoms with Crippen molar-refractivity contribution in [2.24, 2.45) is 5.92 Å². The summed E-state index contributed by atoms with van der Waals surface area (Å²) in [6.45, 7) is 4.50. The van der Waals surface area contributed by atoms with Gasteiger partial charge in [0.1, 0.15) is 0 Å². The number of aromatic nitrogens is 1. The first-order chi connectivity index (χ1) is 9.74. The van der Waals surface area contributed by atoms with Crippen LogP contribution < -0.4 is 5.32 Å². The van der Waals surface area contributed by atoms with Crippen molar-refractivity contribution < 1.29 is 0 Å². The number of pyridine rings is 1. The molecule has 0 aliphatic rings. The second kappa shape index (κ2) is 5.63. The number of hydrogen-bond donors (Lipinski definition) is 1. The third kappa shape index (κ3) is 2.68. The Hall–Kier alpha value is -1.87. The molecule has 1 unspecified atom stereocenters.